The van der Waals surface area contributed by atoms with E-state index in [9.17, 15) is 15.3 Å². The van der Waals surface area contributed by atoms with E-state index < -0.39 is 11.4 Å². The van der Waals surface area contributed by atoms with Gasteiger partial charge in [0.05, 0.1) is 0 Å². The summed E-state index contributed by atoms with van der Waals surface area (Å²) in [5.41, 5.74) is 5.47. The lowest BCUT2D eigenvalue weighted by Gasteiger charge is -2.36. The van der Waals surface area contributed by atoms with Gasteiger partial charge in [-0.15, -0.1) is 0 Å². The molecule has 1 fully saturated rings. The van der Waals surface area contributed by atoms with Gasteiger partial charge >= 0.3 is 0 Å². The zero-order valence-corrected chi connectivity index (χ0v) is 11.6. The number of allylic oxidation sites excluding steroid dienone is 2. The topological polar surface area (TPSA) is 90.0 Å². The minimum Gasteiger partial charge on any atom is -0.400 e. The van der Waals surface area contributed by atoms with Gasteiger partial charge in [0.25, 0.3) is 0 Å². The summed E-state index contributed by atoms with van der Waals surface area (Å²) in [7, 11) is 2.00. The predicted octanol–water partition coefficient (Wildman–Crippen LogP) is 0.0989. The number of likely N-dealkylation sites (tertiary alicyclic amines) is 1. The molecule has 0 aliphatic carbocycles. The Labute approximate surface area is 114 Å². The highest BCUT2D eigenvalue weighted by molar-refractivity contribution is 5.31. The highest BCUT2D eigenvalue weighted by Crippen LogP contribution is 2.26. The molecule has 1 aliphatic heterocycles. The molecular formula is C14H24N2O3. The third kappa shape index (κ3) is 4.18. The summed E-state index contributed by atoms with van der Waals surface area (Å²) in [6.07, 6.45) is 5.48. The molecule has 1 saturated heterocycles. The molecule has 0 aromatic heterocycles. The van der Waals surface area contributed by atoms with Crippen LogP contribution in [-0.2, 0) is 0 Å². The van der Waals surface area contributed by atoms with Gasteiger partial charge in [-0.25, -0.2) is 0 Å². The molecule has 0 saturated carbocycles. The Morgan fingerprint density at radius 1 is 1.32 bits per heavy atom. The standard InChI is InChI=1S/C14H24N2O3/c1-4-11(13(2,17)18)5-6-12(15)14(19)7-9-16(3)10-8-14/h4-6,17-19H,1,7-10,15H2,2-3H3/b11-5+,12-6-. The number of rotatable bonds is 4. The quantitative estimate of drug-likeness (QED) is 0.429. The first-order chi connectivity index (χ1) is 8.69. The first-order valence-corrected chi connectivity index (χ1v) is 6.35. The van der Waals surface area contributed by atoms with E-state index in [1.165, 1.54) is 25.2 Å². The van der Waals surface area contributed by atoms with Crippen LogP contribution in [0.3, 0.4) is 0 Å². The van der Waals surface area contributed by atoms with Gasteiger partial charge in [-0.3, -0.25) is 0 Å². The summed E-state index contributed by atoms with van der Waals surface area (Å²) >= 11 is 0. The lowest BCUT2D eigenvalue weighted by Crippen LogP contribution is -2.46. The Balaban J connectivity index is 2.87. The predicted molar refractivity (Wildman–Crippen MR) is 75.1 cm³/mol. The molecular weight excluding hydrogens is 244 g/mol. The lowest BCUT2D eigenvalue weighted by molar-refractivity contribution is -0.108. The lowest BCUT2D eigenvalue weighted by atomic mass is 9.88. The number of nitrogens with zero attached hydrogens (tertiary/aromatic N) is 1. The Morgan fingerprint density at radius 2 is 1.84 bits per heavy atom. The summed E-state index contributed by atoms with van der Waals surface area (Å²) < 4.78 is 0. The van der Waals surface area contributed by atoms with Gasteiger partial charge in [-0.1, -0.05) is 18.7 Å². The van der Waals surface area contributed by atoms with Crippen molar-refractivity contribution in [3.05, 3.63) is 36.1 Å². The van der Waals surface area contributed by atoms with E-state index in [1.54, 1.807) is 0 Å². The van der Waals surface area contributed by atoms with Gasteiger partial charge in [-0.05, 0) is 32.9 Å². The van der Waals surface area contributed by atoms with E-state index in [2.05, 4.69) is 11.5 Å². The summed E-state index contributed by atoms with van der Waals surface area (Å²) in [4.78, 5) is 2.13. The third-order valence-corrected chi connectivity index (χ3v) is 3.56. The maximum Gasteiger partial charge on any atom is 0.186 e. The van der Waals surface area contributed by atoms with Crippen LogP contribution in [0.5, 0.6) is 0 Å². The van der Waals surface area contributed by atoms with Crippen LogP contribution in [0, 0.1) is 0 Å². The Bertz CT molecular complexity index is 386. The van der Waals surface area contributed by atoms with Crippen LogP contribution in [0.1, 0.15) is 19.8 Å². The van der Waals surface area contributed by atoms with E-state index in [0.29, 0.717) is 18.5 Å². The zero-order chi connectivity index (χ0) is 14.7. The molecule has 0 bridgehead atoms. The Kier molecular flexibility index (Phi) is 4.92. The van der Waals surface area contributed by atoms with Crippen molar-refractivity contribution in [1.29, 1.82) is 0 Å². The van der Waals surface area contributed by atoms with Crippen molar-refractivity contribution in [2.45, 2.75) is 31.2 Å². The SMILES string of the molecule is C=C/C(=C\C=C(/N)C1(O)CCN(C)CC1)C(C)(O)O. The highest BCUT2D eigenvalue weighted by Gasteiger charge is 2.33. The number of hydrogen-bond donors (Lipinski definition) is 4. The van der Waals surface area contributed by atoms with E-state index in [1.807, 2.05) is 7.05 Å². The van der Waals surface area contributed by atoms with E-state index in [0.717, 1.165) is 13.1 Å². The van der Waals surface area contributed by atoms with Crippen LogP contribution in [-0.4, -0.2) is 51.7 Å². The van der Waals surface area contributed by atoms with Crippen molar-refractivity contribution in [3.8, 4) is 0 Å². The molecule has 1 heterocycles. The number of hydrogen-bond acceptors (Lipinski definition) is 5. The van der Waals surface area contributed by atoms with Crippen LogP contribution in [0.2, 0.25) is 0 Å². The van der Waals surface area contributed by atoms with E-state index >= 15 is 0 Å². The first kappa shape index (κ1) is 15.9. The van der Waals surface area contributed by atoms with E-state index in [4.69, 9.17) is 5.73 Å². The van der Waals surface area contributed by atoms with Crippen molar-refractivity contribution >= 4 is 0 Å². The molecule has 5 heteroatoms. The molecule has 5 N–H and O–H groups in total. The summed E-state index contributed by atoms with van der Waals surface area (Å²) in [6, 6.07) is 0. The monoisotopic (exact) mass is 268 g/mol. The number of piperidine rings is 1. The average molecular weight is 268 g/mol. The van der Waals surface area contributed by atoms with Crippen molar-refractivity contribution in [3.63, 3.8) is 0 Å². The second-order valence-electron chi connectivity index (χ2n) is 5.30. The molecule has 108 valence electrons. The van der Waals surface area contributed by atoms with Gasteiger partial charge in [0, 0.05) is 24.4 Å². The van der Waals surface area contributed by atoms with Crippen LogP contribution < -0.4 is 5.73 Å². The van der Waals surface area contributed by atoms with Crippen LogP contribution >= 0.6 is 0 Å². The Hall–Kier alpha value is -1.14. The number of nitrogens with two attached hydrogens (primary N) is 1. The molecule has 0 spiro atoms. The van der Waals surface area contributed by atoms with Gasteiger partial charge in [0.1, 0.15) is 5.60 Å². The molecule has 19 heavy (non-hydrogen) atoms. The molecule has 0 unspecified atom stereocenters. The van der Waals surface area contributed by atoms with Crippen molar-refractivity contribution < 1.29 is 15.3 Å². The minimum absolute atomic E-state index is 0.229. The van der Waals surface area contributed by atoms with Gasteiger partial charge in [-0.2, -0.15) is 0 Å². The molecule has 1 rings (SSSR count). The maximum absolute atomic E-state index is 10.4. The fourth-order valence-corrected chi connectivity index (χ4v) is 2.03. The largest absolute Gasteiger partial charge is 0.400 e. The second-order valence-corrected chi connectivity index (χ2v) is 5.30. The van der Waals surface area contributed by atoms with Crippen molar-refractivity contribution in [1.82, 2.24) is 4.90 Å². The Morgan fingerprint density at radius 3 is 2.26 bits per heavy atom. The minimum atomic E-state index is -1.96. The molecule has 0 aromatic carbocycles. The molecule has 0 atom stereocenters. The average Bonchev–Trinajstić information content (AvgIpc) is 2.32. The van der Waals surface area contributed by atoms with Crippen LogP contribution in [0.4, 0.5) is 0 Å². The van der Waals surface area contributed by atoms with Crippen molar-refractivity contribution in [2.24, 2.45) is 5.73 Å². The molecule has 1 aliphatic rings. The van der Waals surface area contributed by atoms with Crippen molar-refractivity contribution in [2.75, 3.05) is 20.1 Å². The summed E-state index contributed by atoms with van der Waals surface area (Å²) in [6.45, 7) is 6.32. The highest BCUT2D eigenvalue weighted by atomic mass is 16.5. The summed E-state index contributed by atoms with van der Waals surface area (Å²) in [5.74, 6) is -1.96. The fraction of sp³-hybridized carbons (Fsp3) is 0.571. The second kappa shape index (κ2) is 5.88. The zero-order valence-electron chi connectivity index (χ0n) is 11.6. The summed E-state index contributed by atoms with van der Waals surface area (Å²) in [5, 5.41) is 29.4. The van der Waals surface area contributed by atoms with Gasteiger partial charge in [0.15, 0.2) is 5.79 Å². The fourth-order valence-electron chi connectivity index (χ4n) is 2.03. The third-order valence-electron chi connectivity index (χ3n) is 3.56. The van der Waals surface area contributed by atoms with Gasteiger partial charge < -0.3 is 26.0 Å². The van der Waals surface area contributed by atoms with Gasteiger partial charge in [0.2, 0.25) is 0 Å². The molecule has 0 amide bonds. The van der Waals surface area contributed by atoms with Crippen LogP contribution in [0.15, 0.2) is 36.1 Å². The molecule has 5 nitrogen and oxygen atoms in total. The first-order valence-electron chi connectivity index (χ1n) is 6.35. The van der Waals surface area contributed by atoms with Crippen LogP contribution in [0.25, 0.3) is 0 Å². The smallest absolute Gasteiger partial charge is 0.186 e. The normalized spacial score (nSPS) is 22.4. The molecule has 0 radical (unpaired) electrons. The van der Waals surface area contributed by atoms with E-state index in [-0.39, 0.29) is 5.57 Å². The number of aliphatic hydroxyl groups is 3. The maximum atomic E-state index is 10.4. The molecule has 0 aromatic rings.